The van der Waals surface area contributed by atoms with Gasteiger partial charge in [-0.25, -0.2) is 8.42 Å². The van der Waals surface area contributed by atoms with Crippen molar-refractivity contribution in [2.45, 2.75) is 38.1 Å². The van der Waals surface area contributed by atoms with Crippen LogP contribution >= 0.6 is 0 Å². The van der Waals surface area contributed by atoms with Crippen LogP contribution in [0.2, 0.25) is 0 Å². The van der Waals surface area contributed by atoms with Gasteiger partial charge in [0.1, 0.15) is 0 Å². The van der Waals surface area contributed by atoms with Crippen LogP contribution in [0.25, 0.3) is 0 Å². The fraction of sp³-hybridized carbons (Fsp3) is 0.900. The summed E-state index contributed by atoms with van der Waals surface area (Å²) in [5.74, 6) is -0.719. The van der Waals surface area contributed by atoms with Crippen LogP contribution in [0, 0.1) is 0 Å². The Morgan fingerprint density at radius 1 is 1.35 bits per heavy atom. The van der Waals surface area contributed by atoms with E-state index < -0.39 is 21.2 Å². The first kappa shape index (κ1) is 14.4. The van der Waals surface area contributed by atoms with Gasteiger partial charge in [-0.1, -0.05) is 0 Å². The molecule has 100 valence electrons. The summed E-state index contributed by atoms with van der Waals surface area (Å²) in [7, 11) is -2.43. The highest BCUT2D eigenvalue weighted by atomic mass is 32.2. The van der Waals surface area contributed by atoms with Gasteiger partial charge in [-0.05, 0) is 20.8 Å². The maximum atomic E-state index is 12.2. The van der Waals surface area contributed by atoms with Crippen molar-refractivity contribution in [2.75, 3.05) is 20.2 Å². The lowest BCUT2D eigenvalue weighted by Crippen LogP contribution is -2.57. The largest absolute Gasteiger partial charge is 0.468 e. The second-order valence-electron chi connectivity index (χ2n) is 4.50. The van der Waals surface area contributed by atoms with Gasteiger partial charge < -0.3 is 10.1 Å². The molecule has 0 bridgehead atoms. The third-order valence-corrected chi connectivity index (χ3v) is 4.97. The van der Waals surface area contributed by atoms with E-state index >= 15 is 0 Å². The van der Waals surface area contributed by atoms with E-state index in [1.807, 2.05) is 13.8 Å². The molecule has 0 aromatic heterocycles. The molecule has 1 aliphatic rings. The molecule has 1 aliphatic heterocycles. The molecular weight excluding hydrogens is 244 g/mol. The summed E-state index contributed by atoms with van der Waals surface area (Å²) < 4.78 is 30.2. The van der Waals surface area contributed by atoms with Crippen molar-refractivity contribution >= 4 is 16.0 Å². The lowest BCUT2D eigenvalue weighted by molar-refractivity contribution is -0.139. The number of rotatable bonds is 3. The molecule has 1 N–H and O–H groups in total. The van der Waals surface area contributed by atoms with Crippen LogP contribution in [0.5, 0.6) is 0 Å². The number of hydrogen-bond donors (Lipinski definition) is 1. The molecule has 0 aromatic rings. The van der Waals surface area contributed by atoms with E-state index in [4.69, 9.17) is 0 Å². The SMILES string of the molecule is COC(=O)C(C)S(=O)(=O)N1CC(C)NC(C)C1. The van der Waals surface area contributed by atoms with Crippen molar-refractivity contribution < 1.29 is 17.9 Å². The molecule has 0 aliphatic carbocycles. The molecule has 3 atom stereocenters. The van der Waals surface area contributed by atoms with E-state index in [2.05, 4.69) is 10.1 Å². The quantitative estimate of drug-likeness (QED) is 0.699. The summed E-state index contributed by atoms with van der Waals surface area (Å²) in [6.07, 6.45) is 0. The Labute approximate surface area is 102 Å². The third kappa shape index (κ3) is 3.17. The van der Waals surface area contributed by atoms with Gasteiger partial charge >= 0.3 is 5.97 Å². The highest BCUT2D eigenvalue weighted by molar-refractivity contribution is 7.90. The molecule has 3 unspecified atom stereocenters. The normalized spacial score (nSPS) is 28.7. The Morgan fingerprint density at radius 2 is 1.82 bits per heavy atom. The number of piperazine rings is 1. The molecule has 0 saturated carbocycles. The summed E-state index contributed by atoms with van der Waals surface area (Å²) in [5, 5.41) is 2.09. The van der Waals surface area contributed by atoms with Gasteiger partial charge in [0.2, 0.25) is 10.0 Å². The number of methoxy groups -OCH3 is 1. The first-order valence-electron chi connectivity index (χ1n) is 5.62. The van der Waals surface area contributed by atoms with E-state index in [0.29, 0.717) is 13.1 Å². The molecule has 7 heteroatoms. The zero-order valence-corrected chi connectivity index (χ0v) is 11.5. The number of carbonyl (C=O) groups excluding carboxylic acids is 1. The highest BCUT2D eigenvalue weighted by Crippen LogP contribution is 2.15. The fourth-order valence-electron chi connectivity index (χ4n) is 2.00. The first-order chi connectivity index (χ1) is 7.78. The van der Waals surface area contributed by atoms with Crippen LogP contribution < -0.4 is 5.32 Å². The Kier molecular flexibility index (Phi) is 4.51. The van der Waals surface area contributed by atoms with Gasteiger partial charge in [0.25, 0.3) is 0 Å². The summed E-state index contributed by atoms with van der Waals surface area (Å²) in [6.45, 7) is 5.96. The molecule has 0 aromatic carbocycles. The molecule has 1 saturated heterocycles. The van der Waals surface area contributed by atoms with E-state index in [1.165, 1.54) is 18.3 Å². The van der Waals surface area contributed by atoms with Crippen molar-refractivity contribution in [1.82, 2.24) is 9.62 Å². The number of hydrogen-bond acceptors (Lipinski definition) is 5. The molecule has 0 amide bonds. The molecule has 0 radical (unpaired) electrons. The minimum absolute atomic E-state index is 0.0818. The number of nitrogens with one attached hydrogen (secondary N) is 1. The molecule has 1 fully saturated rings. The monoisotopic (exact) mass is 264 g/mol. The Bertz CT molecular complexity index is 372. The Hall–Kier alpha value is -0.660. The molecule has 0 spiro atoms. The summed E-state index contributed by atoms with van der Waals surface area (Å²) in [4.78, 5) is 11.3. The van der Waals surface area contributed by atoms with Crippen molar-refractivity contribution in [1.29, 1.82) is 0 Å². The van der Waals surface area contributed by atoms with E-state index in [1.54, 1.807) is 0 Å². The summed E-state index contributed by atoms with van der Waals surface area (Å²) in [6, 6.07) is 0.164. The number of sulfonamides is 1. The lowest BCUT2D eigenvalue weighted by Gasteiger charge is -2.36. The van der Waals surface area contributed by atoms with Crippen LogP contribution in [-0.4, -0.2) is 56.2 Å². The number of nitrogens with zero attached hydrogens (tertiary/aromatic N) is 1. The van der Waals surface area contributed by atoms with Crippen LogP contribution in [0.4, 0.5) is 0 Å². The van der Waals surface area contributed by atoms with Crippen LogP contribution in [0.3, 0.4) is 0 Å². The smallest absolute Gasteiger partial charge is 0.325 e. The molecule has 1 rings (SSSR count). The van der Waals surface area contributed by atoms with Gasteiger partial charge in [-0.3, -0.25) is 4.79 Å². The minimum atomic E-state index is -3.62. The predicted octanol–water partition coefficient (Wildman–Crippen LogP) is -0.440. The van der Waals surface area contributed by atoms with Crippen LogP contribution in [0.1, 0.15) is 20.8 Å². The molecule has 17 heavy (non-hydrogen) atoms. The number of esters is 1. The van der Waals surface area contributed by atoms with Crippen LogP contribution in [0.15, 0.2) is 0 Å². The van der Waals surface area contributed by atoms with Crippen molar-refractivity contribution in [3.05, 3.63) is 0 Å². The highest BCUT2D eigenvalue weighted by Gasteiger charge is 2.37. The van der Waals surface area contributed by atoms with Gasteiger partial charge in [0.15, 0.2) is 5.25 Å². The zero-order valence-electron chi connectivity index (χ0n) is 10.6. The maximum Gasteiger partial charge on any atom is 0.325 e. The van der Waals surface area contributed by atoms with Gasteiger partial charge in [0, 0.05) is 25.2 Å². The molecule has 1 heterocycles. The first-order valence-corrected chi connectivity index (χ1v) is 7.12. The van der Waals surface area contributed by atoms with Crippen molar-refractivity contribution in [2.24, 2.45) is 0 Å². The lowest BCUT2D eigenvalue weighted by atomic mass is 10.2. The Balaban J connectivity index is 2.86. The maximum absolute atomic E-state index is 12.2. The van der Waals surface area contributed by atoms with E-state index in [-0.39, 0.29) is 12.1 Å². The average molecular weight is 264 g/mol. The average Bonchev–Trinajstić information content (AvgIpc) is 2.25. The summed E-state index contributed by atoms with van der Waals surface area (Å²) >= 11 is 0. The van der Waals surface area contributed by atoms with Gasteiger partial charge in [0.05, 0.1) is 7.11 Å². The van der Waals surface area contributed by atoms with Crippen molar-refractivity contribution in [3.63, 3.8) is 0 Å². The van der Waals surface area contributed by atoms with Gasteiger partial charge in [-0.15, -0.1) is 0 Å². The van der Waals surface area contributed by atoms with Gasteiger partial charge in [-0.2, -0.15) is 4.31 Å². The topological polar surface area (TPSA) is 75.7 Å². The van der Waals surface area contributed by atoms with Crippen LogP contribution in [-0.2, 0) is 19.6 Å². The second kappa shape index (κ2) is 5.32. The molecule has 6 nitrogen and oxygen atoms in total. The van der Waals surface area contributed by atoms with Crippen molar-refractivity contribution in [3.8, 4) is 0 Å². The second-order valence-corrected chi connectivity index (χ2v) is 6.75. The Morgan fingerprint density at radius 3 is 2.24 bits per heavy atom. The predicted molar refractivity (Wildman–Crippen MR) is 64.0 cm³/mol. The number of ether oxygens (including phenoxy) is 1. The van der Waals surface area contributed by atoms with E-state index in [9.17, 15) is 13.2 Å². The van der Waals surface area contributed by atoms with E-state index in [0.717, 1.165) is 0 Å². The standard InChI is InChI=1S/C10H20N2O4S/c1-7-5-12(6-8(2)11-7)17(14,15)9(3)10(13)16-4/h7-9,11H,5-6H2,1-4H3. The number of carbonyl (C=O) groups is 1. The zero-order chi connectivity index (χ0) is 13.2. The molecular formula is C10H20N2O4S. The summed E-state index contributed by atoms with van der Waals surface area (Å²) in [5.41, 5.74) is 0. The fourth-order valence-corrected chi connectivity index (χ4v) is 3.64. The third-order valence-electron chi connectivity index (χ3n) is 2.86. The minimum Gasteiger partial charge on any atom is -0.468 e.